The Balaban J connectivity index is 2.01. The average Bonchev–Trinajstić information content (AvgIpc) is 2.83. The van der Waals surface area contributed by atoms with Crippen molar-refractivity contribution in [3.63, 3.8) is 0 Å². The molecule has 0 aliphatic carbocycles. The van der Waals surface area contributed by atoms with Crippen molar-refractivity contribution < 1.29 is 14.3 Å². The molecule has 0 radical (unpaired) electrons. The Morgan fingerprint density at radius 3 is 3.00 bits per heavy atom. The van der Waals surface area contributed by atoms with Gasteiger partial charge in [0.15, 0.2) is 0 Å². The number of hydrogen-bond donors (Lipinski definition) is 2. The van der Waals surface area contributed by atoms with E-state index in [1.165, 1.54) is 0 Å². The fourth-order valence-corrected chi connectivity index (χ4v) is 2.34. The smallest absolute Gasteiger partial charge is 0.340 e. The van der Waals surface area contributed by atoms with Gasteiger partial charge in [-0.25, -0.2) is 4.79 Å². The normalized spacial score (nSPS) is 21.7. The predicted molar refractivity (Wildman–Crippen MR) is 78.8 cm³/mol. The molecule has 3 N–H and O–H groups in total. The van der Waals surface area contributed by atoms with Crippen LogP contribution in [0.5, 0.6) is 0 Å². The molecule has 1 aliphatic rings. The molecule has 2 rings (SSSR count). The third-order valence-corrected chi connectivity index (χ3v) is 3.65. The van der Waals surface area contributed by atoms with Gasteiger partial charge in [0, 0.05) is 30.4 Å². The molecule has 0 amide bonds. The highest BCUT2D eigenvalue weighted by Gasteiger charge is 2.23. The lowest BCUT2D eigenvalue weighted by atomic mass is 10.0. The summed E-state index contributed by atoms with van der Waals surface area (Å²) in [6.45, 7) is 5.85. The van der Waals surface area contributed by atoms with E-state index in [2.05, 4.69) is 12.2 Å². The number of nitrogens with two attached hydrogens (primary N) is 1. The molecule has 0 aromatic heterocycles. The minimum absolute atomic E-state index is 0.279. The Hall–Kier alpha value is -1.75. The van der Waals surface area contributed by atoms with Crippen LogP contribution in [0.25, 0.3) is 0 Å². The lowest BCUT2D eigenvalue weighted by Gasteiger charge is -2.16. The van der Waals surface area contributed by atoms with Gasteiger partial charge in [-0.2, -0.15) is 0 Å². The molecular formula is C15H22N2O3. The first-order valence-corrected chi connectivity index (χ1v) is 7.04. The quantitative estimate of drug-likeness (QED) is 0.638. The van der Waals surface area contributed by atoms with Gasteiger partial charge in [-0.05, 0) is 38.5 Å². The second-order valence-corrected chi connectivity index (χ2v) is 5.03. The average molecular weight is 278 g/mol. The van der Waals surface area contributed by atoms with Gasteiger partial charge in [-0.15, -0.1) is 0 Å². The van der Waals surface area contributed by atoms with Crippen molar-refractivity contribution in [1.29, 1.82) is 0 Å². The summed E-state index contributed by atoms with van der Waals surface area (Å²) in [6.07, 6.45) is 1.34. The zero-order valence-electron chi connectivity index (χ0n) is 12.0. The third-order valence-electron chi connectivity index (χ3n) is 3.65. The van der Waals surface area contributed by atoms with E-state index in [4.69, 9.17) is 15.2 Å². The molecular weight excluding hydrogens is 256 g/mol. The van der Waals surface area contributed by atoms with E-state index in [9.17, 15) is 4.79 Å². The number of ether oxygens (including phenoxy) is 2. The van der Waals surface area contributed by atoms with Crippen molar-refractivity contribution >= 4 is 17.3 Å². The summed E-state index contributed by atoms with van der Waals surface area (Å²) in [6, 6.07) is 5.34. The summed E-state index contributed by atoms with van der Waals surface area (Å²) in [5.74, 6) is 0.116. The van der Waals surface area contributed by atoms with Crippen LogP contribution in [0.15, 0.2) is 18.2 Å². The maximum atomic E-state index is 11.8. The van der Waals surface area contributed by atoms with Crippen LogP contribution in [0.1, 0.15) is 30.6 Å². The number of nitrogen functional groups attached to an aromatic ring is 1. The van der Waals surface area contributed by atoms with Crippen LogP contribution in [-0.2, 0) is 9.47 Å². The first-order chi connectivity index (χ1) is 9.61. The second kappa shape index (κ2) is 6.61. The molecule has 1 aromatic carbocycles. The zero-order chi connectivity index (χ0) is 14.5. The van der Waals surface area contributed by atoms with Crippen molar-refractivity contribution in [2.75, 3.05) is 30.8 Å². The van der Waals surface area contributed by atoms with E-state index in [1.54, 1.807) is 19.1 Å². The standard InChI is InChI=1S/C15H22N2O3/c1-3-19-15(18)13-8-12(4-5-14(13)16)17-9-11-6-7-20-10(11)2/h4-5,8,10-11,17H,3,6-7,9,16H2,1-2H3. The number of nitrogens with one attached hydrogen (secondary N) is 1. The highest BCUT2D eigenvalue weighted by Crippen LogP contribution is 2.23. The van der Waals surface area contributed by atoms with E-state index >= 15 is 0 Å². The molecule has 1 saturated heterocycles. The number of hydrogen-bond acceptors (Lipinski definition) is 5. The van der Waals surface area contributed by atoms with Crippen molar-refractivity contribution in [1.82, 2.24) is 0 Å². The van der Waals surface area contributed by atoms with Gasteiger partial charge in [0.25, 0.3) is 0 Å². The number of rotatable bonds is 5. The van der Waals surface area contributed by atoms with Gasteiger partial charge < -0.3 is 20.5 Å². The number of carbonyl (C=O) groups excluding carboxylic acids is 1. The van der Waals surface area contributed by atoms with E-state index in [0.29, 0.717) is 23.8 Å². The first-order valence-electron chi connectivity index (χ1n) is 7.04. The molecule has 0 spiro atoms. The van der Waals surface area contributed by atoms with Crippen molar-refractivity contribution in [2.24, 2.45) is 5.92 Å². The number of anilines is 2. The summed E-state index contributed by atoms with van der Waals surface area (Å²) >= 11 is 0. The van der Waals surface area contributed by atoms with E-state index in [1.807, 2.05) is 6.07 Å². The molecule has 1 aromatic rings. The Morgan fingerprint density at radius 2 is 2.35 bits per heavy atom. The topological polar surface area (TPSA) is 73.6 Å². The minimum Gasteiger partial charge on any atom is -0.462 e. The molecule has 1 heterocycles. The molecule has 110 valence electrons. The molecule has 5 nitrogen and oxygen atoms in total. The van der Waals surface area contributed by atoms with Crippen LogP contribution in [0, 0.1) is 5.92 Å². The zero-order valence-corrected chi connectivity index (χ0v) is 12.0. The van der Waals surface area contributed by atoms with E-state index in [-0.39, 0.29) is 12.1 Å². The fraction of sp³-hybridized carbons (Fsp3) is 0.533. The largest absolute Gasteiger partial charge is 0.462 e. The summed E-state index contributed by atoms with van der Waals surface area (Å²) in [5.41, 5.74) is 7.54. The van der Waals surface area contributed by atoms with Gasteiger partial charge in [-0.1, -0.05) is 0 Å². The first kappa shape index (κ1) is 14.7. The Bertz CT molecular complexity index is 476. The van der Waals surface area contributed by atoms with Crippen LogP contribution < -0.4 is 11.1 Å². The Labute approximate surface area is 119 Å². The highest BCUT2D eigenvalue weighted by atomic mass is 16.5. The molecule has 2 atom stereocenters. The molecule has 2 unspecified atom stereocenters. The van der Waals surface area contributed by atoms with Crippen LogP contribution in [0.3, 0.4) is 0 Å². The van der Waals surface area contributed by atoms with Crippen molar-refractivity contribution in [3.8, 4) is 0 Å². The fourth-order valence-electron chi connectivity index (χ4n) is 2.34. The van der Waals surface area contributed by atoms with E-state index < -0.39 is 0 Å². The van der Waals surface area contributed by atoms with Gasteiger partial charge in [0.2, 0.25) is 0 Å². The van der Waals surface area contributed by atoms with Crippen LogP contribution in [-0.4, -0.2) is 31.8 Å². The summed E-state index contributed by atoms with van der Waals surface area (Å²) < 4.78 is 10.5. The monoisotopic (exact) mass is 278 g/mol. The second-order valence-electron chi connectivity index (χ2n) is 5.03. The summed E-state index contributed by atoms with van der Waals surface area (Å²) in [7, 11) is 0. The molecule has 5 heteroatoms. The van der Waals surface area contributed by atoms with E-state index in [0.717, 1.165) is 25.3 Å². The minimum atomic E-state index is -0.383. The van der Waals surface area contributed by atoms with Crippen molar-refractivity contribution in [3.05, 3.63) is 23.8 Å². The number of carbonyl (C=O) groups is 1. The third kappa shape index (κ3) is 3.42. The van der Waals surface area contributed by atoms with Crippen LogP contribution >= 0.6 is 0 Å². The number of benzene rings is 1. The molecule has 0 saturated carbocycles. The summed E-state index contributed by atoms with van der Waals surface area (Å²) in [5, 5.41) is 3.34. The molecule has 20 heavy (non-hydrogen) atoms. The van der Waals surface area contributed by atoms with Gasteiger partial charge in [0.1, 0.15) is 0 Å². The maximum absolute atomic E-state index is 11.8. The maximum Gasteiger partial charge on any atom is 0.340 e. The summed E-state index contributed by atoms with van der Waals surface area (Å²) in [4.78, 5) is 11.8. The lowest BCUT2D eigenvalue weighted by molar-refractivity contribution is 0.0527. The Morgan fingerprint density at radius 1 is 1.55 bits per heavy atom. The molecule has 0 bridgehead atoms. The highest BCUT2D eigenvalue weighted by molar-refractivity contribution is 5.96. The lowest BCUT2D eigenvalue weighted by Crippen LogP contribution is -2.21. The molecule has 1 fully saturated rings. The molecule has 1 aliphatic heterocycles. The SMILES string of the molecule is CCOC(=O)c1cc(NCC2CCOC2C)ccc1N. The van der Waals surface area contributed by atoms with Gasteiger partial charge >= 0.3 is 5.97 Å². The van der Waals surface area contributed by atoms with Gasteiger partial charge in [-0.3, -0.25) is 0 Å². The van der Waals surface area contributed by atoms with Gasteiger partial charge in [0.05, 0.1) is 18.3 Å². The van der Waals surface area contributed by atoms with Crippen LogP contribution in [0.2, 0.25) is 0 Å². The Kier molecular flexibility index (Phi) is 4.84. The predicted octanol–water partition coefficient (Wildman–Crippen LogP) is 2.28. The van der Waals surface area contributed by atoms with Crippen molar-refractivity contribution in [2.45, 2.75) is 26.4 Å². The number of esters is 1. The van der Waals surface area contributed by atoms with Crippen LogP contribution in [0.4, 0.5) is 11.4 Å².